The normalized spacial score (nSPS) is 14.0. The Morgan fingerprint density at radius 2 is 1.63 bits per heavy atom. The number of aromatic nitrogens is 2. The van der Waals surface area contributed by atoms with Gasteiger partial charge >= 0.3 is 0 Å². The first-order valence-electron chi connectivity index (χ1n) is 20.0. The lowest BCUT2D eigenvalue weighted by Crippen LogP contribution is -2.46. The number of thioether (sulfide) groups is 1. The minimum absolute atomic E-state index is 0.0824. The van der Waals surface area contributed by atoms with Crippen LogP contribution in [0.5, 0.6) is 0 Å². The third-order valence-electron chi connectivity index (χ3n) is 10.6. The monoisotopic (exact) mass is 864 g/mol. The van der Waals surface area contributed by atoms with Crippen molar-refractivity contribution in [2.24, 2.45) is 0 Å². The van der Waals surface area contributed by atoms with Crippen LogP contribution in [-0.4, -0.2) is 91.7 Å². The Labute approximate surface area is 361 Å². The van der Waals surface area contributed by atoms with Crippen LogP contribution in [0, 0.1) is 10.1 Å². The van der Waals surface area contributed by atoms with Gasteiger partial charge in [-0.25, -0.2) is 18.4 Å². The summed E-state index contributed by atoms with van der Waals surface area (Å²) in [6.45, 7) is 5.13. The number of hydrogen-bond acceptors (Lipinski definition) is 11. The fraction of sp³-hybridized carbons (Fsp3) is 0.289. The average Bonchev–Trinajstić information content (AvgIpc) is 3.25. The van der Waals surface area contributed by atoms with Gasteiger partial charge in [0, 0.05) is 71.6 Å². The highest BCUT2D eigenvalue weighted by atomic mass is 35.5. The average molecular weight is 866 g/mol. The fourth-order valence-corrected chi connectivity index (χ4v) is 9.55. The predicted molar refractivity (Wildman–Crippen MR) is 245 cm³/mol. The van der Waals surface area contributed by atoms with Gasteiger partial charge in [0.05, 0.1) is 15.3 Å². The molecule has 0 amide bonds. The number of nitrogens with zero attached hydrogens (tertiary/aromatic N) is 6. The summed E-state index contributed by atoms with van der Waals surface area (Å²) in [5, 5.41) is 17.0. The van der Waals surface area contributed by atoms with Crippen molar-refractivity contribution in [3.05, 3.63) is 142 Å². The van der Waals surface area contributed by atoms with E-state index in [0.717, 1.165) is 80.7 Å². The zero-order chi connectivity index (χ0) is 42.1. The second-order valence-electron chi connectivity index (χ2n) is 15.2. The first kappa shape index (κ1) is 42.9. The molecule has 1 aliphatic heterocycles. The summed E-state index contributed by atoms with van der Waals surface area (Å²) in [6.07, 6.45) is 4.04. The molecule has 0 bridgehead atoms. The van der Waals surface area contributed by atoms with Crippen LogP contribution >= 0.6 is 23.4 Å². The lowest BCUT2D eigenvalue weighted by atomic mass is 9.99. The van der Waals surface area contributed by atoms with Gasteiger partial charge in [0.25, 0.3) is 15.7 Å². The van der Waals surface area contributed by atoms with Gasteiger partial charge < -0.3 is 15.1 Å². The molecule has 0 radical (unpaired) electrons. The van der Waals surface area contributed by atoms with E-state index in [1.54, 1.807) is 11.8 Å². The summed E-state index contributed by atoms with van der Waals surface area (Å²) >= 11 is 7.82. The minimum Gasteiger partial charge on any atom is -0.376 e. The summed E-state index contributed by atoms with van der Waals surface area (Å²) < 4.78 is 30.2. The van der Waals surface area contributed by atoms with E-state index in [-0.39, 0.29) is 28.1 Å². The number of fused-ring (bicyclic) bond motifs is 1. The molecule has 1 saturated heterocycles. The molecule has 1 atom stereocenters. The Kier molecular flexibility index (Phi) is 14.2. The van der Waals surface area contributed by atoms with Crippen molar-refractivity contribution in [1.82, 2.24) is 19.8 Å². The minimum atomic E-state index is -4.27. The highest BCUT2D eigenvalue weighted by Gasteiger charge is 2.25. The number of rotatable bonds is 18. The molecule has 0 aliphatic carbocycles. The van der Waals surface area contributed by atoms with Crippen LogP contribution in [0.1, 0.15) is 24.8 Å². The quantitative estimate of drug-likeness (QED) is 0.0370. The number of sulfonamides is 1. The Morgan fingerprint density at radius 3 is 2.38 bits per heavy atom. The summed E-state index contributed by atoms with van der Waals surface area (Å²) in [6, 6.07) is 36.0. The van der Waals surface area contributed by atoms with Crippen LogP contribution < -0.4 is 14.9 Å². The van der Waals surface area contributed by atoms with Crippen molar-refractivity contribution in [1.29, 1.82) is 0 Å². The number of benzene rings is 5. The van der Waals surface area contributed by atoms with Gasteiger partial charge in [-0.2, -0.15) is 0 Å². The Bertz CT molecular complexity index is 2500. The zero-order valence-electron chi connectivity index (χ0n) is 33.7. The molecule has 1 fully saturated rings. The van der Waals surface area contributed by atoms with Crippen LogP contribution in [-0.2, 0) is 16.6 Å². The number of nitro groups is 1. The van der Waals surface area contributed by atoms with Crippen molar-refractivity contribution in [2.45, 2.75) is 41.6 Å². The topological polar surface area (TPSA) is 137 Å². The predicted octanol–water partition coefficient (Wildman–Crippen LogP) is 9.29. The van der Waals surface area contributed by atoms with E-state index < -0.39 is 14.9 Å². The molecular weight excluding hydrogens is 816 g/mol. The fourth-order valence-electron chi connectivity index (χ4n) is 7.39. The standard InChI is InChI=1S/C45H49ClN8O4S2/c1-51(2)23-9-8-11-36(31-59-38-12-4-3-5-13-38)49-42-22-20-39(29-44(42)54(55)56)60(57,58)50-45-41-21-19-37(28-43(41)47-32-48-45)53-26-24-52(25-27-53)30-34-10-6-7-14-40(34)33-15-17-35(46)18-16-33/h3-7,10,12-22,28-29,32,36,49H,8-9,11,23-27,30-31H2,1-2H3,(H,47,48,50). The molecule has 312 valence electrons. The third kappa shape index (κ3) is 11.1. The molecule has 0 spiro atoms. The maximum Gasteiger partial charge on any atom is 0.293 e. The van der Waals surface area contributed by atoms with Crippen molar-refractivity contribution < 1.29 is 13.3 Å². The van der Waals surface area contributed by atoms with Crippen molar-refractivity contribution in [3.8, 4) is 11.1 Å². The van der Waals surface area contributed by atoms with Gasteiger partial charge in [0.1, 0.15) is 12.0 Å². The van der Waals surface area contributed by atoms with E-state index in [4.69, 9.17) is 11.6 Å². The highest BCUT2D eigenvalue weighted by molar-refractivity contribution is 7.99. The number of halogens is 1. The first-order chi connectivity index (χ1) is 29.0. The van der Waals surface area contributed by atoms with E-state index in [0.29, 0.717) is 21.7 Å². The molecule has 1 unspecified atom stereocenters. The first-order valence-corrected chi connectivity index (χ1v) is 22.8. The lowest BCUT2D eigenvalue weighted by Gasteiger charge is -2.36. The summed E-state index contributed by atoms with van der Waals surface area (Å²) in [7, 11) is -0.195. The van der Waals surface area contributed by atoms with Crippen molar-refractivity contribution in [2.75, 3.05) is 67.5 Å². The maximum absolute atomic E-state index is 13.8. The molecule has 60 heavy (non-hydrogen) atoms. The number of piperazine rings is 1. The van der Waals surface area contributed by atoms with E-state index in [9.17, 15) is 18.5 Å². The molecule has 0 saturated carbocycles. The van der Waals surface area contributed by atoms with Crippen LogP contribution in [0.4, 0.5) is 22.9 Å². The summed E-state index contributed by atoms with van der Waals surface area (Å²) in [4.78, 5) is 28.3. The summed E-state index contributed by atoms with van der Waals surface area (Å²) in [5.74, 6) is 0.779. The second kappa shape index (κ2) is 19.9. The lowest BCUT2D eigenvalue weighted by molar-refractivity contribution is -0.384. The largest absolute Gasteiger partial charge is 0.376 e. The van der Waals surface area contributed by atoms with Crippen LogP contribution in [0.2, 0.25) is 5.02 Å². The van der Waals surface area contributed by atoms with Gasteiger partial charge in [-0.3, -0.25) is 19.7 Å². The van der Waals surface area contributed by atoms with Crippen molar-refractivity contribution in [3.63, 3.8) is 0 Å². The molecule has 5 aromatic carbocycles. The van der Waals surface area contributed by atoms with Crippen molar-refractivity contribution >= 4 is 67.2 Å². The van der Waals surface area contributed by atoms with Crippen LogP contribution in [0.15, 0.2) is 131 Å². The SMILES string of the molecule is CN(C)CCCCC(CSc1ccccc1)Nc1ccc(S(=O)(=O)Nc2ncnc3cc(N4CCN(Cc5ccccc5-c5ccc(Cl)cc5)CC4)ccc23)cc1[N+](=O)[O-]. The van der Waals surface area contributed by atoms with Crippen LogP contribution in [0.25, 0.3) is 22.0 Å². The van der Waals surface area contributed by atoms with E-state index >= 15 is 0 Å². The molecular formula is C45H49ClN8O4S2. The Hall–Kier alpha value is -5.25. The van der Waals surface area contributed by atoms with Crippen LogP contribution in [0.3, 0.4) is 0 Å². The van der Waals surface area contributed by atoms with Gasteiger partial charge in [0.2, 0.25) is 0 Å². The van der Waals surface area contributed by atoms with E-state index in [1.165, 1.54) is 29.6 Å². The molecule has 12 nitrogen and oxygen atoms in total. The molecule has 1 aliphatic rings. The Balaban J connectivity index is 1.02. The molecule has 7 rings (SSSR count). The van der Waals surface area contributed by atoms with Gasteiger partial charge in [-0.15, -0.1) is 11.8 Å². The van der Waals surface area contributed by atoms with Gasteiger partial charge in [0.15, 0.2) is 5.82 Å². The zero-order valence-corrected chi connectivity index (χ0v) is 36.1. The third-order valence-corrected chi connectivity index (χ3v) is 13.4. The molecule has 6 aromatic rings. The van der Waals surface area contributed by atoms with Gasteiger partial charge in [-0.1, -0.05) is 72.6 Å². The number of anilines is 3. The molecule has 1 aromatic heterocycles. The number of unbranched alkanes of at least 4 members (excludes halogenated alkanes) is 1. The molecule has 2 N–H and O–H groups in total. The maximum atomic E-state index is 13.8. The molecule has 15 heteroatoms. The number of nitro benzene ring substituents is 1. The summed E-state index contributed by atoms with van der Waals surface area (Å²) in [5.41, 5.74) is 5.11. The second-order valence-corrected chi connectivity index (χ2v) is 18.4. The van der Waals surface area contributed by atoms with E-state index in [2.05, 4.69) is 71.1 Å². The Morgan fingerprint density at radius 1 is 0.883 bits per heavy atom. The smallest absolute Gasteiger partial charge is 0.293 e. The number of hydrogen-bond donors (Lipinski definition) is 2. The molecule has 2 heterocycles. The van der Waals surface area contributed by atoms with Gasteiger partial charge in [-0.05, 0) is 105 Å². The number of nitrogens with one attached hydrogen (secondary N) is 2. The van der Waals surface area contributed by atoms with E-state index in [1.807, 2.05) is 74.8 Å². The highest BCUT2D eigenvalue weighted by Crippen LogP contribution is 2.33.